The minimum absolute atomic E-state index is 0.164. The first-order valence-corrected chi connectivity index (χ1v) is 6.79. The summed E-state index contributed by atoms with van der Waals surface area (Å²) in [5.74, 6) is 0.164. The molecule has 0 aromatic carbocycles. The van der Waals surface area contributed by atoms with Crippen molar-refractivity contribution in [3.8, 4) is 0 Å². The van der Waals surface area contributed by atoms with Crippen LogP contribution in [0.3, 0.4) is 0 Å². The van der Waals surface area contributed by atoms with Crippen LogP contribution in [0.2, 0.25) is 0 Å². The lowest BCUT2D eigenvalue weighted by Crippen LogP contribution is -2.45. The van der Waals surface area contributed by atoms with Gasteiger partial charge >= 0.3 is 0 Å². The molecule has 1 saturated heterocycles. The molecule has 4 heteroatoms. The monoisotopic (exact) mass is 324 g/mol. The molecule has 3 nitrogen and oxygen atoms in total. The maximum Gasteiger partial charge on any atom is 0.228 e. The Morgan fingerprint density at radius 3 is 2.87 bits per heavy atom. The average molecular weight is 324 g/mol. The van der Waals surface area contributed by atoms with Gasteiger partial charge in [0.05, 0.1) is 22.9 Å². The second kappa shape index (κ2) is 6.68. The molecular formula is C11H21IN2O. The van der Waals surface area contributed by atoms with Crippen LogP contribution in [0, 0.1) is 0 Å². The molecule has 0 N–H and O–H groups in total. The third-order valence-corrected chi connectivity index (χ3v) is 4.05. The fraction of sp³-hybridized carbons (Fsp3) is 0.909. The predicted octanol–water partition coefficient (Wildman–Crippen LogP) is 2.45. The molecule has 1 aliphatic heterocycles. The average Bonchev–Trinajstić information content (AvgIpc) is 2.21. The fourth-order valence-corrected chi connectivity index (χ4v) is 2.62. The molecule has 0 aromatic heterocycles. The minimum Gasteiger partial charge on any atom is -0.299 e. The molecule has 1 fully saturated rings. The number of rotatable bonds is 4. The number of amides is 1. The molecule has 0 aromatic rings. The molecule has 1 aliphatic rings. The van der Waals surface area contributed by atoms with Crippen LogP contribution >= 0.6 is 22.9 Å². The van der Waals surface area contributed by atoms with E-state index in [9.17, 15) is 4.79 Å². The molecule has 0 spiro atoms. The number of carbonyl (C=O) groups excluding carboxylic acids is 1. The molecule has 15 heavy (non-hydrogen) atoms. The quantitative estimate of drug-likeness (QED) is 0.586. The highest BCUT2D eigenvalue weighted by Crippen LogP contribution is 2.19. The van der Waals surface area contributed by atoms with Gasteiger partial charge in [0.25, 0.3) is 0 Å². The van der Waals surface area contributed by atoms with Crippen LogP contribution in [0.4, 0.5) is 0 Å². The summed E-state index contributed by atoms with van der Waals surface area (Å²) in [6, 6.07) is 0.583. The van der Waals surface area contributed by atoms with Gasteiger partial charge in [-0.15, -0.1) is 0 Å². The van der Waals surface area contributed by atoms with Gasteiger partial charge in [-0.25, -0.2) is 0 Å². The molecular weight excluding hydrogens is 303 g/mol. The summed E-state index contributed by atoms with van der Waals surface area (Å²) < 4.78 is 1.82. The SMILES string of the molecule is CCCN1CCCCC1CN(I)C(C)=O. The van der Waals surface area contributed by atoms with Gasteiger partial charge in [0, 0.05) is 19.5 Å². The zero-order chi connectivity index (χ0) is 11.3. The van der Waals surface area contributed by atoms with Gasteiger partial charge in [-0.3, -0.25) is 12.8 Å². The Balaban J connectivity index is 2.45. The van der Waals surface area contributed by atoms with E-state index in [1.54, 1.807) is 6.92 Å². The lowest BCUT2D eigenvalue weighted by Gasteiger charge is -2.36. The van der Waals surface area contributed by atoms with E-state index in [0.29, 0.717) is 6.04 Å². The zero-order valence-electron chi connectivity index (χ0n) is 9.71. The number of nitrogens with zero attached hydrogens (tertiary/aromatic N) is 2. The smallest absolute Gasteiger partial charge is 0.228 e. The zero-order valence-corrected chi connectivity index (χ0v) is 11.9. The first-order chi connectivity index (χ1) is 7.15. The number of hydrogen-bond donors (Lipinski definition) is 0. The van der Waals surface area contributed by atoms with Crippen LogP contribution in [-0.2, 0) is 4.79 Å². The highest BCUT2D eigenvalue weighted by Gasteiger charge is 2.23. The van der Waals surface area contributed by atoms with E-state index in [4.69, 9.17) is 0 Å². The van der Waals surface area contributed by atoms with Crippen molar-refractivity contribution in [3.05, 3.63) is 0 Å². The number of carbonyl (C=O) groups is 1. The van der Waals surface area contributed by atoms with Crippen molar-refractivity contribution in [1.82, 2.24) is 8.01 Å². The molecule has 0 aliphatic carbocycles. The Labute approximate surface area is 107 Å². The Kier molecular flexibility index (Phi) is 5.89. The molecule has 0 saturated carbocycles. The largest absolute Gasteiger partial charge is 0.299 e. The topological polar surface area (TPSA) is 23.6 Å². The van der Waals surface area contributed by atoms with E-state index in [2.05, 4.69) is 34.7 Å². The Bertz CT molecular complexity index is 209. The van der Waals surface area contributed by atoms with Gasteiger partial charge in [0.2, 0.25) is 5.91 Å². The number of piperidine rings is 1. The van der Waals surface area contributed by atoms with E-state index in [0.717, 1.165) is 6.54 Å². The van der Waals surface area contributed by atoms with Crippen molar-refractivity contribution in [2.45, 2.75) is 45.6 Å². The summed E-state index contributed by atoms with van der Waals surface area (Å²) in [4.78, 5) is 13.7. The molecule has 0 radical (unpaired) electrons. The highest BCUT2D eigenvalue weighted by atomic mass is 127. The van der Waals surface area contributed by atoms with Crippen LogP contribution in [0.5, 0.6) is 0 Å². The van der Waals surface area contributed by atoms with E-state index in [1.165, 1.54) is 38.8 Å². The normalized spacial score (nSPS) is 22.7. The summed E-state index contributed by atoms with van der Waals surface area (Å²) >= 11 is 2.13. The third-order valence-electron chi connectivity index (χ3n) is 2.97. The first-order valence-electron chi connectivity index (χ1n) is 5.83. The molecule has 1 atom stereocenters. The van der Waals surface area contributed by atoms with Gasteiger partial charge in [-0.1, -0.05) is 13.3 Å². The van der Waals surface area contributed by atoms with Crippen LogP contribution in [0.25, 0.3) is 0 Å². The lowest BCUT2D eigenvalue weighted by atomic mass is 10.0. The summed E-state index contributed by atoms with van der Waals surface area (Å²) in [6.45, 7) is 7.13. The third kappa shape index (κ3) is 4.26. The first kappa shape index (κ1) is 13.2. The second-order valence-electron chi connectivity index (χ2n) is 4.25. The van der Waals surface area contributed by atoms with Crippen molar-refractivity contribution >= 4 is 28.8 Å². The van der Waals surface area contributed by atoms with Crippen LogP contribution in [0.15, 0.2) is 0 Å². The number of halogens is 1. The fourth-order valence-electron chi connectivity index (χ4n) is 2.16. The van der Waals surface area contributed by atoms with Gasteiger partial charge in [-0.2, -0.15) is 0 Å². The second-order valence-corrected chi connectivity index (χ2v) is 5.41. The lowest BCUT2D eigenvalue weighted by molar-refractivity contribution is -0.123. The predicted molar refractivity (Wildman–Crippen MR) is 70.9 cm³/mol. The molecule has 1 unspecified atom stereocenters. The van der Waals surface area contributed by atoms with Gasteiger partial charge in [0.15, 0.2) is 0 Å². The van der Waals surface area contributed by atoms with Gasteiger partial charge < -0.3 is 0 Å². The summed E-state index contributed by atoms with van der Waals surface area (Å²) in [7, 11) is 0. The van der Waals surface area contributed by atoms with E-state index < -0.39 is 0 Å². The van der Waals surface area contributed by atoms with Crippen LogP contribution in [0.1, 0.15) is 39.5 Å². The number of hydrogen-bond acceptors (Lipinski definition) is 2. The van der Waals surface area contributed by atoms with Crippen molar-refractivity contribution < 1.29 is 4.79 Å². The minimum atomic E-state index is 0.164. The summed E-state index contributed by atoms with van der Waals surface area (Å²) in [5.41, 5.74) is 0. The summed E-state index contributed by atoms with van der Waals surface area (Å²) in [6.07, 6.45) is 5.08. The maximum absolute atomic E-state index is 11.2. The molecule has 1 rings (SSSR count). The number of likely N-dealkylation sites (tertiary alicyclic amines) is 1. The molecule has 88 valence electrons. The maximum atomic E-state index is 11.2. The molecule has 1 amide bonds. The van der Waals surface area contributed by atoms with Crippen molar-refractivity contribution in [2.24, 2.45) is 0 Å². The Morgan fingerprint density at radius 1 is 1.53 bits per heavy atom. The highest BCUT2D eigenvalue weighted by molar-refractivity contribution is 14.1. The standard InChI is InChI=1S/C11H21IN2O/c1-3-7-13-8-5-4-6-11(13)9-14(12)10(2)15/h11H,3-9H2,1-2H3. The van der Waals surface area contributed by atoms with Crippen molar-refractivity contribution in [1.29, 1.82) is 0 Å². The van der Waals surface area contributed by atoms with E-state index >= 15 is 0 Å². The Hall–Kier alpha value is 0.160. The van der Waals surface area contributed by atoms with Crippen molar-refractivity contribution in [3.63, 3.8) is 0 Å². The van der Waals surface area contributed by atoms with Crippen LogP contribution in [-0.4, -0.2) is 39.6 Å². The van der Waals surface area contributed by atoms with E-state index in [1.807, 2.05) is 3.11 Å². The van der Waals surface area contributed by atoms with E-state index in [-0.39, 0.29) is 5.91 Å². The Morgan fingerprint density at radius 2 is 2.27 bits per heavy atom. The van der Waals surface area contributed by atoms with Crippen LogP contribution < -0.4 is 0 Å². The molecule has 1 heterocycles. The van der Waals surface area contributed by atoms with Gasteiger partial charge in [-0.05, 0) is 32.4 Å². The van der Waals surface area contributed by atoms with Gasteiger partial charge in [0.1, 0.15) is 0 Å². The molecule has 0 bridgehead atoms. The van der Waals surface area contributed by atoms with Crippen molar-refractivity contribution in [2.75, 3.05) is 19.6 Å². The summed E-state index contributed by atoms with van der Waals surface area (Å²) in [5, 5.41) is 0.